The van der Waals surface area contributed by atoms with Crippen LogP contribution in [0.3, 0.4) is 0 Å². The Kier molecular flexibility index (Phi) is 4.42. The molecule has 0 radical (unpaired) electrons. The number of rotatable bonds is 6. The molecule has 20 heavy (non-hydrogen) atoms. The van der Waals surface area contributed by atoms with Crippen LogP contribution in [-0.2, 0) is 11.2 Å². The van der Waals surface area contributed by atoms with Gasteiger partial charge in [0.25, 0.3) is 0 Å². The standard InChI is InChI=1S/C18H27NO/c1-3-18-16(9-10-20-18)17(19-4-2)12-14-11-13-7-5-6-8-15(13)14/h5-8,14,16-19H,3-4,9-12H2,1-2H3. The molecule has 1 N–H and O–H groups in total. The zero-order valence-corrected chi connectivity index (χ0v) is 12.8. The first-order chi connectivity index (χ1) is 9.83. The van der Waals surface area contributed by atoms with Crippen molar-refractivity contribution in [1.29, 1.82) is 0 Å². The molecule has 1 aromatic rings. The molecule has 4 atom stereocenters. The van der Waals surface area contributed by atoms with E-state index in [4.69, 9.17) is 4.74 Å². The average Bonchev–Trinajstić information content (AvgIpc) is 2.92. The highest BCUT2D eigenvalue weighted by Crippen LogP contribution is 2.40. The molecule has 1 fully saturated rings. The molecule has 1 aliphatic carbocycles. The van der Waals surface area contributed by atoms with E-state index in [1.54, 1.807) is 11.1 Å². The highest BCUT2D eigenvalue weighted by atomic mass is 16.5. The van der Waals surface area contributed by atoms with Gasteiger partial charge in [0.2, 0.25) is 0 Å². The van der Waals surface area contributed by atoms with Crippen LogP contribution >= 0.6 is 0 Å². The second-order valence-electron chi connectivity index (χ2n) is 6.27. The fourth-order valence-electron chi connectivity index (χ4n) is 4.10. The third-order valence-corrected chi connectivity index (χ3v) is 5.15. The fourth-order valence-corrected chi connectivity index (χ4v) is 4.10. The summed E-state index contributed by atoms with van der Waals surface area (Å²) in [4.78, 5) is 0. The summed E-state index contributed by atoms with van der Waals surface area (Å²) in [5, 5.41) is 3.74. The third-order valence-electron chi connectivity index (χ3n) is 5.15. The van der Waals surface area contributed by atoms with E-state index in [-0.39, 0.29) is 0 Å². The van der Waals surface area contributed by atoms with E-state index in [1.165, 1.54) is 19.3 Å². The summed E-state index contributed by atoms with van der Waals surface area (Å²) in [7, 11) is 0. The molecule has 110 valence electrons. The van der Waals surface area contributed by atoms with Gasteiger partial charge in [-0.25, -0.2) is 0 Å². The quantitative estimate of drug-likeness (QED) is 0.856. The number of benzene rings is 1. The van der Waals surface area contributed by atoms with Crippen LogP contribution in [0.1, 0.15) is 50.2 Å². The van der Waals surface area contributed by atoms with Gasteiger partial charge in [-0.05, 0) is 49.3 Å². The van der Waals surface area contributed by atoms with Gasteiger partial charge >= 0.3 is 0 Å². The number of nitrogens with one attached hydrogen (secondary N) is 1. The largest absolute Gasteiger partial charge is 0.378 e. The second-order valence-corrected chi connectivity index (χ2v) is 6.27. The van der Waals surface area contributed by atoms with E-state index in [1.807, 2.05) is 0 Å². The molecule has 3 rings (SSSR count). The molecule has 1 aromatic carbocycles. The van der Waals surface area contributed by atoms with Crippen molar-refractivity contribution >= 4 is 0 Å². The van der Waals surface area contributed by atoms with E-state index in [0.717, 1.165) is 25.5 Å². The van der Waals surface area contributed by atoms with Crippen molar-refractivity contribution in [2.45, 2.75) is 57.6 Å². The Hall–Kier alpha value is -0.860. The maximum Gasteiger partial charge on any atom is 0.0616 e. The lowest BCUT2D eigenvalue weighted by molar-refractivity contribution is 0.0754. The molecule has 2 nitrogen and oxygen atoms in total. The van der Waals surface area contributed by atoms with Crippen molar-refractivity contribution in [2.75, 3.05) is 13.2 Å². The minimum absolute atomic E-state index is 0.467. The summed E-state index contributed by atoms with van der Waals surface area (Å²) in [5.41, 5.74) is 3.14. The lowest BCUT2D eigenvalue weighted by Gasteiger charge is -2.36. The van der Waals surface area contributed by atoms with Crippen LogP contribution in [0, 0.1) is 5.92 Å². The summed E-state index contributed by atoms with van der Waals surface area (Å²) in [6.45, 7) is 6.49. The van der Waals surface area contributed by atoms with E-state index in [9.17, 15) is 0 Å². The minimum Gasteiger partial charge on any atom is -0.378 e. The maximum absolute atomic E-state index is 5.90. The van der Waals surface area contributed by atoms with Crippen LogP contribution in [0.4, 0.5) is 0 Å². The topological polar surface area (TPSA) is 21.3 Å². The molecule has 2 aliphatic rings. The molecule has 0 amide bonds. The van der Waals surface area contributed by atoms with Gasteiger partial charge in [-0.1, -0.05) is 38.1 Å². The highest BCUT2D eigenvalue weighted by Gasteiger charge is 2.36. The fraction of sp³-hybridized carbons (Fsp3) is 0.667. The first-order valence-electron chi connectivity index (χ1n) is 8.26. The first-order valence-corrected chi connectivity index (χ1v) is 8.26. The van der Waals surface area contributed by atoms with Gasteiger partial charge in [0, 0.05) is 18.6 Å². The van der Waals surface area contributed by atoms with Crippen LogP contribution in [0.25, 0.3) is 0 Å². The summed E-state index contributed by atoms with van der Waals surface area (Å²) in [6.07, 6.45) is 5.38. The third kappa shape index (κ3) is 2.64. The molecule has 2 heteroatoms. The highest BCUT2D eigenvalue weighted by molar-refractivity contribution is 5.40. The maximum atomic E-state index is 5.90. The zero-order chi connectivity index (χ0) is 13.9. The Labute approximate surface area is 122 Å². The summed E-state index contributed by atoms with van der Waals surface area (Å²) >= 11 is 0. The Balaban J connectivity index is 1.67. The van der Waals surface area contributed by atoms with Crippen LogP contribution in [-0.4, -0.2) is 25.3 Å². The van der Waals surface area contributed by atoms with Gasteiger partial charge in [-0.15, -0.1) is 0 Å². The van der Waals surface area contributed by atoms with E-state index >= 15 is 0 Å². The van der Waals surface area contributed by atoms with Gasteiger partial charge < -0.3 is 10.1 Å². The molecule has 4 unspecified atom stereocenters. The van der Waals surface area contributed by atoms with Gasteiger partial charge in [0.05, 0.1) is 6.10 Å². The van der Waals surface area contributed by atoms with Crippen molar-refractivity contribution in [1.82, 2.24) is 5.32 Å². The van der Waals surface area contributed by atoms with E-state index < -0.39 is 0 Å². The first kappa shape index (κ1) is 14.1. The monoisotopic (exact) mass is 273 g/mol. The smallest absolute Gasteiger partial charge is 0.0616 e. The summed E-state index contributed by atoms with van der Waals surface area (Å²) in [5.74, 6) is 1.46. The minimum atomic E-state index is 0.467. The van der Waals surface area contributed by atoms with Crippen molar-refractivity contribution < 1.29 is 4.74 Å². The second kappa shape index (κ2) is 6.28. The average molecular weight is 273 g/mol. The number of fused-ring (bicyclic) bond motifs is 1. The van der Waals surface area contributed by atoms with Crippen molar-refractivity contribution in [2.24, 2.45) is 5.92 Å². The van der Waals surface area contributed by atoms with Crippen LogP contribution < -0.4 is 5.32 Å². The lowest BCUT2D eigenvalue weighted by Crippen LogP contribution is -2.42. The lowest BCUT2D eigenvalue weighted by atomic mass is 9.72. The predicted octanol–water partition coefficient (Wildman–Crippen LogP) is 3.51. The normalized spacial score (nSPS) is 29.8. The molecule has 0 spiro atoms. The Morgan fingerprint density at radius 3 is 2.90 bits per heavy atom. The van der Waals surface area contributed by atoms with Crippen molar-refractivity contribution in [3.63, 3.8) is 0 Å². The van der Waals surface area contributed by atoms with E-state index in [0.29, 0.717) is 18.1 Å². The van der Waals surface area contributed by atoms with Crippen LogP contribution in [0.15, 0.2) is 24.3 Å². The number of hydrogen-bond acceptors (Lipinski definition) is 2. The van der Waals surface area contributed by atoms with Gasteiger partial charge in [-0.2, -0.15) is 0 Å². The molecule has 1 heterocycles. The molecular formula is C18H27NO. The summed E-state index contributed by atoms with van der Waals surface area (Å²) in [6, 6.07) is 9.55. The Morgan fingerprint density at radius 1 is 1.30 bits per heavy atom. The molecule has 0 saturated carbocycles. The Bertz CT molecular complexity index is 445. The van der Waals surface area contributed by atoms with E-state index in [2.05, 4.69) is 43.4 Å². The molecule has 0 bridgehead atoms. The predicted molar refractivity (Wildman–Crippen MR) is 83.1 cm³/mol. The van der Waals surface area contributed by atoms with Gasteiger partial charge in [0.1, 0.15) is 0 Å². The molecule has 1 saturated heterocycles. The molecule has 1 aliphatic heterocycles. The van der Waals surface area contributed by atoms with Crippen molar-refractivity contribution in [3.8, 4) is 0 Å². The van der Waals surface area contributed by atoms with Gasteiger partial charge in [-0.3, -0.25) is 0 Å². The SMILES string of the molecule is CCNC(CC1Cc2ccccc21)C1CCOC1CC. The number of ether oxygens (including phenoxy) is 1. The van der Waals surface area contributed by atoms with Crippen LogP contribution in [0.2, 0.25) is 0 Å². The molecular weight excluding hydrogens is 246 g/mol. The summed E-state index contributed by atoms with van der Waals surface area (Å²) < 4.78 is 5.90. The van der Waals surface area contributed by atoms with Crippen molar-refractivity contribution in [3.05, 3.63) is 35.4 Å². The molecule has 0 aromatic heterocycles. The number of hydrogen-bond donors (Lipinski definition) is 1. The zero-order valence-electron chi connectivity index (χ0n) is 12.8. The van der Waals surface area contributed by atoms with Gasteiger partial charge in [0.15, 0.2) is 0 Å². The van der Waals surface area contributed by atoms with Crippen LogP contribution in [0.5, 0.6) is 0 Å². The Morgan fingerprint density at radius 2 is 2.15 bits per heavy atom.